The zero-order chi connectivity index (χ0) is 24.2. The maximum absolute atomic E-state index is 13.5. The number of amides is 1. The van der Waals surface area contributed by atoms with Crippen LogP contribution in [0.5, 0.6) is 5.75 Å². The maximum atomic E-state index is 13.5. The van der Waals surface area contributed by atoms with E-state index in [2.05, 4.69) is 33.2 Å². The van der Waals surface area contributed by atoms with Crippen LogP contribution in [0.3, 0.4) is 0 Å². The number of anilines is 1. The summed E-state index contributed by atoms with van der Waals surface area (Å²) in [5, 5.41) is 23.7. The lowest BCUT2D eigenvalue weighted by Crippen LogP contribution is -2.44. The number of fused-ring (bicyclic) bond motifs is 5. The molecule has 0 bridgehead atoms. The van der Waals surface area contributed by atoms with Crippen LogP contribution in [0.1, 0.15) is 60.9 Å². The van der Waals surface area contributed by atoms with Gasteiger partial charge in [0.15, 0.2) is 10.9 Å². The summed E-state index contributed by atoms with van der Waals surface area (Å²) in [6.45, 7) is 4.00. The molecule has 5 atom stereocenters. The number of hydrogen-bond donors (Lipinski definition) is 3. The van der Waals surface area contributed by atoms with Crippen molar-refractivity contribution in [3.8, 4) is 5.75 Å². The number of allylic oxidation sites excluding steroid dienone is 1. The van der Waals surface area contributed by atoms with Crippen molar-refractivity contribution in [3.05, 3.63) is 50.6 Å². The number of Topliss-reactive ketones (excluding diaryl/α,β-unsaturated/α-hetero) is 1. The molecule has 8 heteroatoms. The smallest absolute Gasteiger partial charge is 0.226 e. The monoisotopic (exact) mass is 544 g/mol. The Balaban J connectivity index is 1.42. The van der Waals surface area contributed by atoms with Crippen LogP contribution in [0.4, 0.5) is 5.13 Å². The number of rotatable bonds is 4. The first-order valence-electron chi connectivity index (χ1n) is 11.9. The molecule has 1 aromatic carbocycles. The number of aliphatic hydroxyl groups excluding tert-OH is 1. The largest absolute Gasteiger partial charge is 0.515 e. The van der Waals surface area contributed by atoms with Crippen LogP contribution >= 0.6 is 27.3 Å². The van der Waals surface area contributed by atoms with E-state index in [9.17, 15) is 19.8 Å². The fourth-order valence-electron chi connectivity index (χ4n) is 6.93. The van der Waals surface area contributed by atoms with Crippen LogP contribution in [0.25, 0.3) is 0 Å². The highest BCUT2D eigenvalue weighted by molar-refractivity contribution is 9.10. The highest BCUT2D eigenvalue weighted by atomic mass is 79.9. The SMILES string of the molecule is Cc1cnc(NC(=O)CCC2/C(=C/O)C(=O)C3(C)CCC4c5ccc(O)c(Br)c5CCC4C23)s1. The molecule has 3 aliphatic carbocycles. The van der Waals surface area contributed by atoms with E-state index in [-0.39, 0.29) is 35.7 Å². The maximum Gasteiger partial charge on any atom is 0.226 e. The number of ketones is 1. The van der Waals surface area contributed by atoms with Crippen molar-refractivity contribution in [2.75, 3.05) is 5.32 Å². The van der Waals surface area contributed by atoms with E-state index in [1.807, 2.05) is 13.0 Å². The topological polar surface area (TPSA) is 99.5 Å². The zero-order valence-electron chi connectivity index (χ0n) is 19.3. The van der Waals surface area contributed by atoms with Gasteiger partial charge in [-0.2, -0.15) is 0 Å². The van der Waals surface area contributed by atoms with E-state index in [1.165, 1.54) is 22.5 Å². The van der Waals surface area contributed by atoms with Crippen molar-refractivity contribution in [2.24, 2.45) is 23.2 Å². The summed E-state index contributed by atoms with van der Waals surface area (Å²) in [4.78, 5) is 31.4. The average molecular weight is 545 g/mol. The lowest BCUT2D eigenvalue weighted by atomic mass is 9.54. The number of phenols is 1. The van der Waals surface area contributed by atoms with Crippen LogP contribution in [-0.2, 0) is 16.0 Å². The first-order valence-corrected chi connectivity index (χ1v) is 13.5. The van der Waals surface area contributed by atoms with Crippen molar-refractivity contribution in [1.29, 1.82) is 0 Å². The molecule has 1 amide bonds. The van der Waals surface area contributed by atoms with Crippen molar-refractivity contribution < 1.29 is 19.8 Å². The minimum atomic E-state index is -0.519. The molecule has 5 unspecified atom stereocenters. The standard InChI is InChI=1S/C26H29BrN2O4S/c1-13-11-28-25(34-13)29-21(32)8-6-17-19(12-30)24(33)26(2)10-9-15-14-5-7-20(31)23(27)18(14)4-3-16(15)22(17)26/h5,7,11-12,15-17,22,30-31H,3-4,6,8-10H2,1-2H3,(H,28,29,32)/b19-12-. The molecule has 2 aromatic rings. The number of aliphatic hydroxyl groups is 1. The minimum absolute atomic E-state index is 0.0390. The second-order valence-corrected chi connectivity index (χ2v) is 12.2. The third-order valence-corrected chi connectivity index (χ3v) is 10.1. The lowest BCUT2D eigenvalue weighted by Gasteiger charge is -2.49. The Morgan fingerprint density at radius 3 is 2.88 bits per heavy atom. The predicted octanol–water partition coefficient (Wildman–Crippen LogP) is 6.04. The Labute approximate surface area is 211 Å². The number of aryl methyl sites for hydroxylation is 1. The van der Waals surface area contributed by atoms with Crippen LogP contribution in [0.15, 0.2) is 34.6 Å². The molecule has 0 aliphatic heterocycles. The molecule has 3 N–H and O–H groups in total. The quantitative estimate of drug-likeness (QED) is 0.321. The average Bonchev–Trinajstić information content (AvgIpc) is 3.32. The number of aromatic nitrogens is 1. The van der Waals surface area contributed by atoms with Gasteiger partial charge < -0.3 is 15.5 Å². The van der Waals surface area contributed by atoms with Crippen molar-refractivity contribution in [3.63, 3.8) is 0 Å². The van der Waals surface area contributed by atoms with Gasteiger partial charge in [-0.1, -0.05) is 13.0 Å². The number of phenolic OH excluding ortho intramolecular Hbond substituents is 1. The Bertz CT molecular complexity index is 1190. The highest BCUT2D eigenvalue weighted by Gasteiger charge is 2.60. The van der Waals surface area contributed by atoms with Gasteiger partial charge in [-0.25, -0.2) is 4.98 Å². The van der Waals surface area contributed by atoms with Gasteiger partial charge in [0.05, 0.1) is 10.7 Å². The summed E-state index contributed by atoms with van der Waals surface area (Å²) >= 11 is 5.00. The summed E-state index contributed by atoms with van der Waals surface area (Å²) in [5.41, 5.74) is 2.38. The molecular weight excluding hydrogens is 516 g/mol. The third-order valence-electron chi connectivity index (χ3n) is 8.38. The van der Waals surface area contributed by atoms with Gasteiger partial charge >= 0.3 is 0 Å². The van der Waals surface area contributed by atoms with Gasteiger partial charge in [-0.3, -0.25) is 9.59 Å². The number of nitrogens with zero attached hydrogens (tertiary/aromatic N) is 1. The summed E-state index contributed by atoms with van der Waals surface area (Å²) in [7, 11) is 0. The molecule has 2 saturated carbocycles. The Morgan fingerprint density at radius 1 is 1.38 bits per heavy atom. The summed E-state index contributed by atoms with van der Waals surface area (Å²) < 4.78 is 0.779. The molecule has 0 radical (unpaired) electrons. The Hall–Kier alpha value is -2.19. The van der Waals surface area contributed by atoms with E-state index in [0.717, 1.165) is 41.3 Å². The summed E-state index contributed by atoms with van der Waals surface area (Å²) in [6.07, 6.45) is 6.94. The number of halogens is 1. The molecule has 34 heavy (non-hydrogen) atoms. The van der Waals surface area contributed by atoms with Gasteiger partial charge in [0.2, 0.25) is 5.91 Å². The highest BCUT2D eigenvalue weighted by Crippen LogP contribution is 2.63. The number of benzene rings is 1. The molecule has 0 saturated heterocycles. The van der Waals surface area contributed by atoms with Crippen LogP contribution in [-0.4, -0.2) is 26.9 Å². The number of carbonyl (C=O) groups is 2. The molecule has 5 rings (SSSR count). The van der Waals surface area contributed by atoms with Gasteiger partial charge in [0.1, 0.15) is 5.75 Å². The zero-order valence-corrected chi connectivity index (χ0v) is 21.7. The van der Waals surface area contributed by atoms with Crippen molar-refractivity contribution in [2.45, 2.75) is 58.3 Å². The number of aromatic hydroxyl groups is 1. The first-order chi connectivity index (χ1) is 16.2. The molecule has 0 spiro atoms. The van der Waals surface area contributed by atoms with Crippen LogP contribution in [0.2, 0.25) is 0 Å². The fourth-order valence-corrected chi connectivity index (χ4v) is 8.17. The van der Waals surface area contributed by atoms with Gasteiger partial charge in [0, 0.05) is 28.5 Å². The number of hydrogen-bond acceptors (Lipinski definition) is 6. The molecule has 6 nitrogen and oxygen atoms in total. The fraction of sp³-hybridized carbons (Fsp3) is 0.500. The molecular formula is C26H29BrN2O4S. The van der Waals surface area contributed by atoms with Crippen molar-refractivity contribution >= 4 is 44.1 Å². The van der Waals surface area contributed by atoms with E-state index < -0.39 is 5.41 Å². The third kappa shape index (κ3) is 3.70. The Kier molecular flexibility index (Phi) is 6.09. The van der Waals surface area contributed by atoms with E-state index in [0.29, 0.717) is 29.0 Å². The number of nitrogens with one attached hydrogen (secondary N) is 1. The van der Waals surface area contributed by atoms with Crippen LogP contribution in [0, 0.1) is 30.1 Å². The Morgan fingerprint density at radius 2 is 2.18 bits per heavy atom. The molecule has 1 heterocycles. The summed E-state index contributed by atoms with van der Waals surface area (Å²) in [5.74, 6) is 0.705. The number of thiazole rings is 1. The first kappa shape index (κ1) is 23.5. The van der Waals surface area contributed by atoms with Gasteiger partial charge in [0.25, 0.3) is 0 Å². The second kappa shape index (κ2) is 8.79. The van der Waals surface area contributed by atoms with E-state index >= 15 is 0 Å². The lowest BCUT2D eigenvalue weighted by molar-refractivity contribution is -0.127. The van der Waals surface area contributed by atoms with Crippen molar-refractivity contribution in [1.82, 2.24) is 4.98 Å². The minimum Gasteiger partial charge on any atom is -0.515 e. The van der Waals surface area contributed by atoms with Gasteiger partial charge in [-0.05, 0) is 95.8 Å². The number of carbonyl (C=O) groups excluding carboxylic acids is 2. The molecule has 1 aromatic heterocycles. The van der Waals surface area contributed by atoms with Crippen LogP contribution < -0.4 is 5.32 Å². The molecule has 180 valence electrons. The second-order valence-electron chi connectivity index (χ2n) is 10.1. The van der Waals surface area contributed by atoms with Gasteiger partial charge in [-0.15, -0.1) is 11.3 Å². The normalized spacial score (nSPS) is 31.1. The van der Waals surface area contributed by atoms with E-state index in [4.69, 9.17) is 0 Å². The van der Waals surface area contributed by atoms with E-state index in [1.54, 1.807) is 12.3 Å². The molecule has 3 aliphatic rings. The summed E-state index contributed by atoms with van der Waals surface area (Å²) in [6, 6.07) is 3.78. The molecule has 2 fully saturated rings. The predicted molar refractivity (Wildman–Crippen MR) is 135 cm³/mol.